The summed E-state index contributed by atoms with van der Waals surface area (Å²) in [6, 6.07) is 9.85. The first-order valence-corrected chi connectivity index (χ1v) is 9.78. The number of nitrogens with zero attached hydrogens (tertiary/aromatic N) is 3. The van der Waals surface area contributed by atoms with Crippen molar-refractivity contribution in [2.45, 2.75) is 11.8 Å². The summed E-state index contributed by atoms with van der Waals surface area (Å²) in [5, 5.41) is 40.3. The molecule has 12 heteroatoms. The second kappa shape index (κ2) is 9.29. The minimum absolute atomic E-state index is 0. The number of phenolic OH excluding ortho intramolecular Hbond substituents is 2. The number of azo groups is 1. The van der Waals surface area contributed by atoms with E-state index in [0.29, 0.717) is 10.8 Å². The van der Waals surface area contributed by atoms with E-state index >= 15 is 0 Å². The molecule has 0 saturated carbocycles. The Labute approximate surface area is 198 Å². The summed E-state index contributed by atoms with van der Waals surface area (Å²) in [7, 11) is -4.76. The summed E-state index contributed by atoms with van der Waals surface area (Å²) in [4.78, 5) is 3.05. The standard InChI is InChI=1S/C18H14ClN3O6S.Na/c1-9(23)20-12-4-2-3-10-5-6-14(24)17(16(10)12)22-21-13-7-11(19)8-15(18(13)25)29(26,27)28;/h2-8,24-25H,1H3,(H,20,23)(H,26,27,28);/q;+1/p-1. The van der Waals surface area contributed by atoms with Gasteiger partial charge in [-0.25, -0.2) is 0 Å². The molecular formula is C18H13ClN3NaO6S. The van der Waals surface area contributed by atoms with E-state index in [1.807, 2.05) is 0 Å². The molecule has 0 aromatic heterocycles. The normalized spacial score (nSPS) is 12.3. The van der Waals surface area contributed by atoms with Crippen LogP contribution in [0, 0.1) is 0 Å². The fraction of sp³-hybridized carbons (Fsp3) is 0.0556. The second-order valence-corrected chi connectivity index (χ2v) is 7.71. The molecule has 9 nitrogen and oxygen atoms in total. The van der Waals surface area contributed by atoms with E-state index in [1.54, 1.807) is 24.3 Å². The average molecular weight is 458 g/mol. The quantitative estimate of drug-likeness (QED) is 0.174. The van der Waals surface area contributed by atoms with Crippen LogP contribution < -0.4 is 34.7 Å². The first-order valence-electron chi connectivity index (χ1n) is 7.96. The smallest absolute Gasteiger partial charge is 0.862 e. The molecule has 0 saturated heterocycles. The van der Waals surface area contributed by atoms with Crippen molar-refractivity contribution in [3.8, 4) is 11.5 Å². The van der Waals surface area contributed by atoms with E-state index in [1.165, 1.54) is 13.0 Å². The molecule has 0 amide bonds. The van der Waals surface area contributed by atoms with Crippen LogP contribution in [-0.2, 0) is 10.1 Å². The van der Waals surface area contributed by atoms with E-state index in [2.05, 4.69) is 15.2 Å². The van der Waals surface area contributed by atoms with Crippen molar-refractivity contribution in [3.63, 3.8) is 0 Å². The predicted molar refractivity (Wildman–Crippen MR) is 105 cm³/mol. The number of aliphatic imine (C=N–C) groups is 1. The molecule has 0 atom stereocenters. The molecule has 0 aliphatic heterocycles. The van der Waals surface area contributed by atoms with Crippen LogP contribution in [0.2, 0.25) is 5.02 Å². The Morgan fingerprint density at radius 1 is 1.07 bits per heavy atom. The summed E-state index contributed by atoms with van der Waals surface area (Å²) < 4.78 is 32.0. The van der Waals surface area contributed by atoms with Crippen LogP contribution in [0.3, 0.4) is 0 Å². The van der Waals surface area contributed by atoms with Gasteiger partial charge in [-0.15, -0.1) is 10.2 Å². The van der Waals surface area contributed by atoms with Crippen LogP contribution in [0.1, 0.15) is 6.92 Å². The molecule has 3 rings (SSSR count). The minimum atomic E-state index is -4.76. The van der Waals surface area contributed by atoms with Gasteiger partial charge >= 0.3 is 29.6 Å². The summed E-state index contributed by atoms with van der Waals surface area (Å²) in [6.45, 7) is 1.27. The van der Waals surface area contributed by atoms with Gasteiger partial charge in [-0.3, -0.25) is 9.55 Å². The van der Waals surface area contributed by atoms with Gasteiger partial charge in [0.05, 0.1) is 5.69 Å². The van der Waals surface area contributed by atoms with Crippen molar-refractivity contribution < 1.29 is 57.8 Å². The van der Waals surface area contributed by atoms with Gasteiger partial charge in [0, 0.05) is 10.4 Å². The molecule has 0 bridgehead atoms. The molecule has 30 heavy (non-hydrogen) atoms. The van der Waals surface area contributed by atoms with Gasteiger partial charge in [-0.1, -0.05) is 29.8 Å². The van der Waals surface area contributed by atoms with Crippen molar-refractivity contribution in [2.75, 3.05) is 0 Å². The summed E-state index contributed by atoms with van der Waals surface area (Å²) in [5.74, 6) is -1.62. The maximum absolute atomic E-state index is 11.4. The third-order valence-electron chi connectivity index (χ3n) is 3.81. The van der Waals surface area contributed by atoms with E-state index in [-0.39, 0.29) is 57.4 Å². The molecule has 0 aliphatic rings. The zero-order chi connectivity index (χ0) is 21.3. The first-order chi connectivity index (χ1) is 13.6. The molecule has 0 heterocycles. The molecule has 0 radical (unpaired) electrons. The van der Waals surface area contributed by atoms with E-state index in [9.17, 15) is 28.3 Å². The molecule has 3 aromatic carbocycles. The van der Waals surface area contributed by atoms with E-state index in [4.69, 9.17) is 11.6 Å². The monoisotopic (exact) mass is 457 g/mol. The van der Waals surface area contributed by atoms with Crippen LogP contribution in [0.15, 0.2) is 62.6 Å². The van der Waals surface area contributed by atoms with Crippen LogP contribution in [-0.4, -0.2) is 29.1 Å². The zero-order valence-corrected chi connectivity index (χ0v) is 19.3. The molecule has 0 unspecified atom stereocenters. The van der Waals surface area contributed by atoms with Crippen molar-refractivity contribution in [1.29, 1.82) is 0 Å². The third-order valence-corrected chi connectivity index (χ3v) is 4.89. The predicted octanol–water partition coefficient (Wildman–Crippen LogP) is 0.981. The minimum Gasteiger partial charge on any atom is -0.862 e. The molecule has 0 fully saturated rings. The SMILES string of the molecule is CC([O-])=Nc1cccc2ccc(O)c(N=Nc3cc(Cl)cc(S(=O)(=O)O)c3O)c12.[Na+]. The molecular weight excluding hydrogens is 445 g/mol. The van der Waals surface area contributed by atoms with E-state index in [0.717, 1.165) is 12.1 Å². The Bertz CT molecular complexity index is 1290. The number of fused-ring (bicyclic) bond motifs is 1. The van der Waals surface area contributed by atoms with Crippen molar-refractivity contribution in [3.05, 3.63) is 47.5 Å². The third kappa shape index (κ3) is 5.09. The molecule has 0 spiro atoms. The van der Waals surface area contributed by atoms with Gasteiger partial charge in [0.2, 0.25) is 0 Å². The van der Waals surface area contributed by atoms with Gasteiger partial charge in [0.25, 0.3) is 10.1 Å². The first kappa shape index (κ1) is 24.1. The second-order valence-electron chi connectivity index (χ2n) is 5.89. The van der Waals surface area contributed by atoms with Crippen molar-refractivity contribution in [1.82, 2.24) is 0 Å². The van der Waals surface area contributed by atoms with Crippen LogP contribution in [0.4, 0.5) is 17.1 Å². The largest absolute Gasteiger partial charge is 1.00 e. The number of phenols is 2. The fourth-order valence-corrected chi connectivity index (χ4v) is 3.53. The van der Waals surface area contributed by atoms with Gasteiger partial charge in [-0.2, -0.15) is 8.42 Å². The van der Waals surface area contributed by atoms with Gasteiger partial charge in [-0.05, 0) is 42.5 Å². The summed E-state index contributed by atoms with van der Waals surface area (Å²) in [5.41, 5.74) is -0.174. The Morgan fingerprint density at radius 2 is 1.77 bits per heavy atom. The Balaban J connectivity index is 0.00000320. The maximum atomic E-state index is 11.4. The zero-order valence-electron chi connectivity index (χ0n) is 15.7. The van der Waals surface area contributed by atoms with Crippen LogP contribution in [0.25, 0.3) is 10.8 Å². The number of hydrogen-bond acceptors (Lipinski definition) is 8. The van der Waals surface area contributed by atoms with Crippen LogP contribution in [0.5, 0.6) is 11.5 Å². The molecule has 150 valence electrons. The Hall–Kier alpha value is -2.21. The number of rotatable bonds is 4. The Morgan fingerprint density at radius 3 is 2.40 bits per heavy atom. The topological polar surface area (TPSA) is 155 Å². The Kier molecular flexibility index (Phi) is 7.45. The molecule has 3 aromatic rings. The summed E-state index contributed by atoms with van der Waals surface area (Å²) >= 11 is 5.83. The molecule has 0 aliphatic carbocycles. The van der Waals surface area contributed by atoms with Gasteiger partial charge < -0.3 is 15.3 Å². The van der Waals surface area contributed by atoms with E-state index < -0.39 is 26.7 Å². The number of aromatic hydroxyl groups is 2. The fourth-order valence-electron chi connectivity index (χ4n) is 2.63. The summed E-state index contributed by atoms with van der Waals surface area (Å²) in [6.07, 6.45) is 0. The number of benzene rings is 3. The molecule has 3 N–H and O–H groups in total. The average Bonchev–Trinajstić information content (AvgIpc) is 2.62. The van der Waals surface area contributed by atoms with Gasteiger partial charge in [0.15, 0.2) is 5.75 Å². The van der Waals surface area contributed by atoms with Crippen molar-refractivity contribution >= 4 is 55.5 Å². The maximum Gasteiger partial charge on any atom is 1.00 e. The van der Waals surface area contributed by atoms with Crippen LogP contribution >= 0.6 is 11.6 Å². The van der Waals surface area contributed by atoms with Gasteiger partial charge in [0.1, 0.15) is 22.0 Å². The number of halogens is 1. The van der Waals surface area contributed by atoms with Crippen molar-refractivity contribution in [2.24, 2.45) is 15.2 Å². The number of hydrogen-bond donors (Lipinski definition) is 3.